The minimum Gasteiger partial charge on any atom is -0.356 e. The summed E-state index contributed by atoms with van der Waals surface area (Å²) in [5.41, 5.74) is 0. The van der Waals surface area contributed by atoms with Gasteiger partial charge >= 0.3 is 0 Å². The van der Waals surface area contributed by atoms with Gasteiger partial charge in [0, 0.05) is 18.5 Å². The van der Waals surface area contributed by atoms with E-state index in [2.05, 4.69) is 24.5 Å². The Kier molecular flexibility index (Phi) is 5.69. The molecule has 1 aliphatic rings. The van der Waals surface area contributed by atoms with E-state index in [0.717, 1.165) is 32.4 Å². The molecule has 1 heterocycles. The average molecular weight is 212 g/mol. The topological polar surface area (TPSA) is 41.1 Å². The van der Waals surface area contributed by atoms with Gasteiger partial charge in [0.15, 0.2) is 0 Å². The highest BCUT2D eigenvalue weighted by atomic mass is 16.1. The fourth-order valence-electron chi connectivity index (χ4n) is 2.10. The van der Waals surface area contributed by atoms with Gasteiger partial charge in [0.05, 0.1) is 0 Å². The molecule has 2 unspecified atom stereocenters. The van der Waals surface area contributed by atoms with Crippen molar-refractivity contribution in [2.75, 3.05) is 13.1 Å². The first-order chi connectivity index (χ1) is 7.24. The molecule has 0 bridgehead atoms. The molecule has 1 rings (SSSR count). The summed E-state index contributed by atoms with van der Waals surface area (Å²) in [6.07, 6.45) is 5.51. The lowest BCUT2D eigenvalue weighted by atomic mass is 9.92. The van der Waals surface area contributed by atoms with Crippen LogP contribution in [0.25, 0.3) is 0 Å². The Morgan fingerprint density at radius 3 is 2.93 bits per heavy atom. The highest BCUT2D eigenvalue weighted by molar-refractivity contribution is 5.78. The van der Waals surface area contributed by atoms with Crippen molar-refractivity contribution in [3.05, 3.63) is 0 Å². The van der Waals surface area contributed by atoms with Crippen LogP contribution in [0.4, 0.5) is 0 Å². The Bertz CT molecular complexity index is 194. The summed E-state index contributed by atoms with van der Waals surface area (Å²) in [5, 5.41) is 6.40. The van der Waals surface area contributed by atoms with Crippen LogP contribution in [0, 0.1) is 5.92 Å². The number of carbonyl (C=O) groups is 1. The van der Waals surface area contributed by atoms with Crippen molar-refractivity contribution in [2.24, 2.45) is 5.92 Å². The number of hydrogen-bond acceptors (Lipinski definition) is 2. The molecule has 1 amide bonds. The van der Waals surface area contributed by atoms with Gasteiger partial charge in [0.1, 0.15) is 0 Å². The van der Waals surface area contributed by atoms with Crippen molar-refractivity contribution in [2.45, 2.75) is 52.0 Å². The van der Waals surface area contributed by atoms with Crippen molar-refractivity contribution < 1.29 is 4.79 Å². The molecule has 2 N–H and O–H groups in total. The van der Waals surface area contributed by atoms with Gasteiger partial charge < -0.3 is 10.6 Å². The van der Waals surface area contributed by atoms with Crippen LogP contribution in [0.5, 0.6) is 0 Å². The molecule has 0 saturated carbocycles. The molecular weight excluding hydrogens is 188 g/mol. The Morgan fingerprint density at radius 1 is 1.47 bits per heavy atom. The number of hydrogen-bond donors (Lipinski definition) is 2. The van der Waals surface area contributed by atoms with E-state index in [-0.39, 0.29) is 11.8 Å². The van der Waals surface area contributed by atoms with Gasteiger partial charge in [-0.15, -0.1) is 0 Å². The van der Waals surface area contributed by atoms with Crippen LogP contribution in [0.15, 0.2) is 0 Å². The second-order valence-electron chi connectivity index (χ2n) is 4.57. The lowest BCUT2D eigenvalue weighted by molar-refractivity contribution is -0.126. The smallest absolute Gasteiger partial charge is 0.223 e. The first-order valence-electron chi connectivity index (χ1n) is 6.25. The Balaban J connectivity index is 2.15. The lowest BCUT2D eigenvalue weighted by Gasteiger charge is -2.27. The van der Waals surface area contributed by atoms with Crippen molar-refractivity contribution in [3.63, 3.8) is 0 Å². The lowest BCUT2D eigenvalue weighted by Crippen LogP contribution is -2.42. The maximum Gasteiger partial charge on any atom is 0.223 e. The van der Waals surface area contributed by atoms with Crippen molar-refractivity contribution in [3.8, 4) is 0 Å². The Labute approximate surface area is 93.0 Å². The molecule has 1 aliphatic heterocycles. The third kappa shape index (κ3) is 4.65. The number of amides is 1. The molecule has 2 atom stereocenters. The van der Waals surface area contributed by atoms with Gasteiger partial charge in [-0.3, -0.25) is 4.79 Å². The maximum atomic E-state index is 11.8. The van der Waals surface area contributed by atoms with Crippen LogP contribution in [0.3, 0.4) is 0 Å². The van der Waals surface area contributed by atoms with E-state index in [1.54, 1.807) is 0 Å². The SMILES string of the molecule is CCCCCNC(=O)C1CCNC(C)C1. The molecule has 1 fully saturated rings. The van der Waals surface area contributed by atoms with Crippen molar-refractivity contribution >= 4 is 5.91 Å². The minimum absolute atomic E-state index is 0.239. The molecule has 0 aromatic rings. The zero-order valence-corrected chi connectivity index (χ0v) is 10.0. The summed E-state index contributed by atoms with van der Waals surface area (Å²) in [7, 11) is 0. The number of unbranched alkanes of at least 4 members (excludes halogenated alkanes) is 2. The molecule has 3 heteroatoms. The van der Waals surface area contributed by atoms with Gasteiger partial charge in [0.25, 0.3) is 0 Å². The maximum absolute atomic E-state index is 11.8. The summed E-state index contributed by atoms with van der Waals surface area (Å²) in [5.74, 6) is 0.502. The zero-order valence-electron chi connectivity index (χ0n) is 10.0. The predicted octanol–water partition coefficient (Wildman–Crippen LogP) is 1.68. The summed E-state index contributed by atoms with van der Waals surface area (Å²) in [6.45, 7) is 6.16. The van der Waals surface area contributed by atoms with Crippen LogP contribution >= 0.6 is 0 Å². The molecule has 0 aromatic carbocycles. The largest absolute Gasteiger partial charge is 0.356 e. The zero-order chi connectivity index (χ0) is 11.1. The molecule has 0 aliphatic carbocycles. The third-order valence-corrected chi connectivity index (χ3v) is 3.07. The van der Waals surface area contributed by atoms with E-state index in [1.165, 1.54) is 12.8 Å². The summed E-state index contributed by atoms with van der Waals surface area (Å²) >= 11 is 0. The van der Waals surface area contributed by atoms with Crippen molar-refractivity contribution in [1.29, 1.82) is 0 Å². The average Bonchev–Trinajstić information content (AvgIpc) is 2.24. The van der Waals surface area contributed by atoms with Gasteiger partial charge in [-0.05, 0) is 32.7 Å². The van der Waals surface area contributed by atoms with Crippen molar-refractivity contribution in [1.82, 2.24) is 10.6 Å². The Hall–Kier alpha value is -0.570. The molecule has 0 spiro atoms. The number of carbonyl (C=O) groups excluding carboxylic acids is 1. The first kappa shape index (κ1) is 12.5. The molecule has 0 aromatic heterocycles. The molecule has 15 heavy (non-hydrogen) atoms. The minimum atomic E-state index is 0.239. The number of nitrogens with one attached hydrogen (secondary N) is 2. The van der Waals surface area contributed by atoms with E-state index in [0.29, 0.717) is 6.04 Å². The molecule has 0 radical (unpaired) electrons. The summed E-state index contributed by atoms with van der Waals surface area (Å²) in [6, 6.07) is 0.491. The van der Waals surface area contributed by atoms with E-state index < -0.39 is 0 Å². The fourth-order valence-corrected chi connectivity index (χ4v) is 2.10. The van der Waals surface area contributed by atoms with Gasteiger partial charge in [0.2, 0.25) is 5.91 Å². The summed E-state index contributed by atoms with van der Waals surface area (Å²) in [4.78, 5) is 11.8. The van der Waals surface area contributed by atoms with Crippen LogP contribution in [0.1, 0.15) is 46.0 Å². The molecule has 88 valence electrons. The van der Waals surface area contributed by atoms with Gasteiger partial charge in [-0.1, -0.05) is 19.8 Å². The first-order valence-corrected chi connectivity index (χ1v) is 6.25. The number of rotatable bonds is 5. The van der Waals surface area contributed by atoms with Gasteiger partial charge in [-0.25, -0.2) is 0 Å². The molecule has 3 nitrogen and oxygen atoms in total. The fraction of sp³-hybridized carbons (Fsp3) is 0.917. The highest BCUT2D eigenvalue weighted by Crippen LogP contribution is 2.15. The van der Waals surface area contributed by atoms with E-state index in [1.807, 2.05) is 0 Å². The van der Waals surface area contributed by atoms with E-state index >= 15 is 0 Å². The van der Waals surface area contributed by atoms with Crippen LogP contribution < -0.4 is 10.6 Å². The molecule has 1 saturated heterocycles. The second kappa shape index (κ2) is 6.83. The second-order valence-corrected chi connectivity index (χ2v) is 4.57. The monoisotopic (exact) mass is 212 g/mol. The summed E-state index contributed by atoms with van der Waals surface area (Å²) < 4.78 is 0. The number of piperidine rings is 1. The van der Waals surface area contributed by atoms with Crippen LogP contribution in [0.2, 0.25) is 0 Å². The highest BCUT2D eigenvalue weighted by Gasteiger charge is 2.23. The van der Waals surface area contributed by atoms with Crippen LogP contribution in [-0.4, -0.2) is 25.0 Å². The Morgan fingerprint density at radius 2 is 2.27 bits per heavy atom. The van der Waals surface area contributed by atoms with Crippen LogP contribution in [-0.2, 0) is 4.79 Å². The predicted molar refractivity (Wildman–Crippen MR) is 62.7 cm³/mol. The van der Waals surface area contributed by atoms with E-state index in [9.17, 15) is 4.79 Å². The normalized spacial score (nSPS) is 26.3. The third-order valence-electron chi connectivity index (χ3n) is 3.07. The quantitative estimate of drug-likeness (QED) is 0.681. The van der Waals surface area contributed by atoms with E-state index in [4.69, 9.17) is 0 Å². The van der Waals surface area contributed by atoms with Gasteiger partial charge in [-0.2, -0.15) is 0 Å². The molecular formula is C12H24N2O. The standard InChI is InChI=1S/C12H24N2O/c1-3-4-5-7-14-12(15)11-6-8-13-10(2)9-11/h10-11,13H,3-9H2,1-2H3,(H,14,15).